The van der Waals surface area contributed by atoms with Crippen molar-refractivity contribution >= 4 is 0 Å². The Labute approximate surface area is 89.9 Å². The predicted molar refractivity (Wildman–Crippen MR) is 59.4 cm³/mol. The molecule has 0 radical (unpaired) electrons. The lowest BCUT2D eigenvalue weighted by molar-refractivity contribution is 0.549. The first-order chi connectivity index (χ1) is 7.34. The molecule has 0 saturated carbocycles. The van der Waals surface area contributed by atoms with Gasteiger partial charge in [-0.15, -0.1) is 0 Å². The lowest BCUT2D eigenvalue weighted by atomic mass is 10.1. The van der Waals surface area contributed by atoms with Crippen LogP contribution < -0.4 is 10.6 Å². The lowest BCUT2D eigenvalue weighted by Crippen LogP contribution is -2.32. The van der Waals surface area contributed by atoms with Crippen molar-refractivity contribution in [1.29, 1.82) is 0 Å². The Bertz CT molecular complexity index is 308. The van der Waals surface area contributed by atoms with E-state index in [4.69, 9.17) is 0 Å². The van der Waals surface area contributed by atoms with Gasteiger partial charge in [-0.2, -0.15) is 0 Å². The maximum absolute atomic E-state index is 12.9. The predicted octanol–water partition coefficient (Wildman–Crippen LogP) is 1.32. The smallest absolute Gasteiger partial charge is 0.123 e. The molecule has 2 N–H and O–H groups in total. The quantitative estimate of drug-likeness (QED) is 0.780. The topological polar surface area (TPSA) is 24.1 Å². The van der Waals surface area contributed by atoms with E-state index in [1.807, 2.05) is 6.07 Å². The second-order valence-electron chi connectivity index (χ2n) is 4.02. The van der Waals surface area contributed by atoms with E-state index in [2.05, 4.69) is 10.6 Å². The van der Waals surface area contributed by atoms with Crippen molar-refractivity contribution in [3.05, 3.63) is 35.6 Å². The van der Waals surface area contributed by atoms with Crippen LogP contribution >= 0.6 is 0 Å². The van der Waals surface area contributed by atoms with Gasteiger partial charge in [0.25, 0.3) is 0 Å². The van der Waals surface area contributed by atoms with E-state index >= 15 is 0 Å². The average molecular weight is 208 g/mol. The molecular formula is C12H17FN2. The van der Waals surface area contributed by atoms with Crippen molar-refractivity contribution < 1.29 is 4.39 Å². The number of hydrogen-bond donors (Lipinski definition) is 2. The molecule has 1 aromatic carbocycles. The van der Waals surface area contributed by atoms with Gasteiger partial charge in [-0.25, -0.2) is 4.39 Å². The molecule has 1 unspecified atom stereocenters. The molecule has 0 amide bonds. The summed E-state index contributed by atoms with van der Waals surface area (Å²) < 4.78 is 12.9. The molecule has 1 fully saturated rings. The SMILES string of the molecule is Fc1cccc(CCNC2CCNC2)c1. The summed E-state index contributed by atoms with van der Waals surface area (Å²) in [6.07, 6.45) is 2.09. The first kappa shape index (κ1) is 10.6. The third-order valence-corrected chi connectivity index (χ3v) is 2.80. The summed E-state index contributed by atoms with van der Waals surface area (Å²) in [5, 5.41) is 6.77. The van der Waals surface area contributed by atoms with Gasteiger partial charge in [0.05, 0.1) is 0 Å². The van der Waals surface area contributed by atoms with E-state index in [1.165, 1.54) is 12.5 Å². The zero-order valence-corrected chi connectivity index (χ0v) is 8.80. The molecule has 3 heteroatoms. The summed E-state index contributed by atoms with van der Waals surface area (Å²) in [6.45, 7) is 3.09. The summed E-state index contributed by atoms with van der Waals surface area (Å²) in [5.74, 6) is -0.143. The normalized spacial score (nSPS) is 20.7. The molecule has 1 saturated heterocycles. The van der Waals surface area contributed by atoms with Crippen molar-refractivity contribution in [2.75, 3.05) is 19.6 Å². The van der Waals surface area contributed by atoms with Gasteiger partial charge in [0.1, 0.15) is 5.82 Å². The van der Waals surface area contributed by atoms with E-state index < -0.39 is 0 Å². The average Bonchev–Trinajstić information content (AvgIpc) is 2.71. The first-order valence-electron chi connectivity index (χ1n) is 5.53. The standard InChI is InChI=1S/C12H17FN2/c13-11-3-1-2-10(8-11)4-7-15-12-5-6-14-9-12/h1-3,8,12,14-15H,4-7,9H2. The van der Waals surface area contributed by atoms with Crippen LogP contribution in [0.2, 0.25) is 0 Å². The number of nitrogens with one attached hydrogen (secondary N) is 2. The van der Waals surface area contributed by atoms with E-state index in [9.17, 15) is 4.39 Å². The van der Waals surface area contributed by atoms with Gasteiger partial charge in [0.15, 0.2) is 0 Å². The van der Waals surface area contributed by atoms with Crippen LogP contribution in [0.25, 0.3) is 0 Å². The van der Waals surface area contributed by atoms with Crippen molar-refractivity contribution in [1.82, 2.24) is 10.6 Å². The molecule has 82 valence electrons. The lowest BCUT2D eigenvalue weighted by Gasteiger charge is -2.10. The molecule has 1 aromatic rings. The number of benzene rings is 1. The van der Waals surface area contributed by atoms with Crippen LogP contribution in [0, 0.1) is 5.82 Å². The van der Waals surface area contributed by atoms with Crippen LogP contribution in [-0.2, 0) is 6.42 Å². The van der Waals surface area contributed by atoms with Crippen LogP contribution in [0.3, 0.4) is 0 Å². The van der Waals surface area contributed by atoms with E-state index in [0.717, 1.165) is 31.6 Å². The van der Waals surface area contributed by atoms with Crippen LogP contribution in [0.4, 0.5) is 4.39 Å². The van der Waals surface area contributed by atoms with Crippen LogP contribution in [-0.4, -0.2) is 25.7 Å². The molecule has 0 aromatic heterocycles. The van der Waals surface area contributed by atoms with Gasteiger partial charge in [-0.05, 0) is 43.6 Å². The number of rotatable bonds is 4. The van der Waals surface area contributed by atoms with Gasteiger partial charge in [-0.1, -0.05) is 12.1 Å². The number of hydrogen-bond acceptors (Lipinski definition) is 2. The van der Waals surface area contributed by atoms with Gasteiger partial charge in [0.2, 0.25) is 0 Å². The van der Waals surface area contributed by atoms with Crippen molar-refractivity contribution in [2.24, 2.45) is 0 Å². The summed E-state index contributed by atoms with van der Waals surface area (Å²) >= 11 is 0. The summed E-state index contributed by atoms with van der Waals surface area (Å²) in [5.41, 5.74) is 1.06. The minimum atomic E-state index is -0.143. The molecule has 1 aliphatic heterocycles. The Morgan fingerprint density at radius 1 is 1.47 bits per heavy atom. The highest BCUT2D eigenvalue weighted by molar-refractivity contribution is 5.16. The van der Waals surface area contributed by atoms with Crippen LogP contribution in [0.1, 0.15) is 12.0 Å². The molecule has 1 heterocycles. The monoisotopic (exact) mass is 208 g/mol. The first-order valence-corrected chi connectivity index (χ1v) is 5.53. The second kappa shape index (κ2) is 5.24. The van der Waals surface area contributed by atoms with E-state index in [-0.39, 0.29) is 5.82 Å². The highest BCUT2D eigenvalue weighted by atomic mass is 19.1. The van der Waals surface area contributed by atoms with Crippen LogP contribution in [0.5, 0.6) is 0 Å². The molecule has 2 nitrogen and oxygen atoms in total. The molecule has 0 spiro atoms. The van der Waals surface area contributed by atoms with Gasteiger partial charge in [-0.3, -0.25) is 0 Å². The fraction of sp³-hybridized carbons (Fsp3) is 0.500. The molecule has 1 atom stereocenters. The Morgan fingerprint density at radius 3 is 3.13 bits per heavy atom. The molecule has 0 bridgehead atoms. The fourth-order valence-corrected chi connectivity index (χ4v) is 1.94. The summed E-state index contributed by atoms with van der Waals surface area (Å²) in [6, 6.07) is 7.42. The minimum Gasteiger partial charge on any atom is -0.315 e. The van der Waals surface area contributed by atoms with Gasteiger partial charge < -0.3 is 10.6 Å². The van der Waals surface area contributed by atoms with Crippen molar-refractivity contribution in [2.45, 2.75) is 18.9 Å². The highest BCUT2D eigenvalue weighted by Crippen LogP contribution is 2.04. The largest absolute Gasteiger partial charge is 0.315 e. The Hall–Kier alpha value is -0.930. The summed E-state index contributed by atoms with van der Waals surface area (Å²) in [7, 11) is 0. The van der Waals surface area contributed by atoms with Gasteiger partial charge >= 0.3 is 0 Å². The Morgan fingerprint density at radius 2 is 2.40 bits per heavy atom. The third-order valence-electron chi connectivity index (χ3n) is 2.80. The zero-order chi connectivity index (χ0) is 10.5. The Kier molecular flexibility index (Phi) is 3.69. The van der Waals surface area contributed by atoms with E-state index in [1.54, 1.807) is 12.1 Å². The van der Waals surface area contributed by atoms with Crippen molar-refractivity contribution in [3.8, 4) is 0 Å². The molecule has 15 heavy (non-hydrogen) atoms. The van der Waals surface area contributed by atoms with Gasteiger partial charge in [0, 0.05) is 12.6 Å². The molecular weight excluding hydrogens is 191 g/mol. The maximum atomic E-state index is 12.9. The fourth-order valence-electron chi connectivity index (χ4n) is 1.94. The van der Waals surface area contributed by atoms with Crippen LogP contribution in [0.15, 0.2) is 24.3 Å². The molecule has 1 aliphatic rings. The van der Waals surface area contributed by atoms with Crippen molar-refractivity contribution in [3.63, 3.8) is 0 Å². The maximum Gasteiger partial charge on any atom is 0.123 e. The molecule has 2 rings (SSSR count). The highest BCUT2D eigenvalue weighted by Gasteiger charge is 2.12. The zero-order valence-electron chi connectivity index (χ0n) is 8.80. The van der Waals surface area contributed by atoms with E-state index in [0.29, 0.717) is 6.04 Å². The minimum absolute atomic E-state index is 0.143. The summed E-state index contributed by atoms with van der Waals surface area (Å²) in [4.78, 5) is 0. The number of halogens is 1. The third kappa shape index (κ3) is 3.29. The Balaban J connectivity index is 1.73. The molecule has 0 aliphatic carbocycles. The second-order valence-corrected chi connectivity index (χ2v) is 4.02.